The molecule has 0 amide bonds. The van der Waals surface area contributed by atoms with Crippen molar-refractivity contribution in [3.05, 3.63) is 29.8 Å². The summed E-state index contributed by atoms with van der Waals surface area (Å²) in [4.78, 5) is 0. The quantitative estimate of drug-likeness (QED) is 0.907. The van der Waals surface area contributed by atoms with Crippen molar-refractivity contribution in [2.75, 3.05) is 6.61 Å². The molecule has 3 nitrogen and oxygen atoms in total. The Labute approximate surface area is 115 Å². The van der Waals surface area contributed by atoms with Gasteiger partial charge in [0.15, 0.2) is 0 Å². The summed E-state index contributed by atoms with van der Waals surface area (Å²) in [7, 11) is 0. The van der Waals surface area contributed by atoms with Crippen molar-refractivity contribution in [2.45, 2.75) is 46.0 Å². The first-order chi connectivity index (χ1) is 9.04. The Morgan fingerprint density at radius 1 is 1.26 bits per heavy atom. The van der Waals surface area contributed by atoms with E-state index in [0.29, 0.717) is 12.5 Å². The van der Waals surface area contributed by atoms with Crippen LogP contribution >= 0.6 is 0 Å². The van der Waals surface area contributed by atoms with Crippen LogP contribution in [0.1, 0.15) is 39.4 Å². The third-order valence-corrected chi connectivity index (χ3v) is 4.19. The molecule has 1 fully saturated rings. The standard InChI is InChI=1S/C16H24O3/c1-5-18-14-8-6-7-13(9-14)16(17)15-10(2)11(3)19-12(15)4/h6-12,15-17H,5H2,1-4H3. The average molecular weight is 264 g/mol. The smallest absolute Gasteiger partial charge is 0.119 e. The summed E-state index contributed by atoms with van der Waals surface area (Å²) in [5, 5.41) is 10.6. The minimum atomic E-state index is -0.504. The first kappa shape index (κ1) is 14.4. The van der Waals surface area contributed by atoms with E-state index in [1.807, 2.05) is 38.1 Å². The lowest BCUT2D eigenvalue weighted by Crippen LogP contribution is -2.25. The van der Waals surface area contributed by atoms with Crippen molar-refractivity contribution >= 4 is 0 Å². The molecule has 1 aromatic rings. The zero-order chi connectivity index (χ0) is 14.0. The molecule has 5 unspecified atom stereocenters. The van der Waals surface area contributed by atoms with Crippen molar-refractivity contribution in [3.8, 4) is 5.75 Å². The van der Waals surface area contributed by atoms with Crippen LogP contribution in [0, 0.1) is 11.8 Å². The molecule has 2 rings (SSSR count). The lowest BCUT2D eigenvalue weighted by Gasteiger charge is -2.25. The summed E-state index contributed by atoms with van der Waals surface area (Å²) in [6, 6.07) is 7.73. The highest BCUT2D eigenvalue weighted by Crippen LogP contribution is 2.40. The van der Waals surface area contributed by atoms with Gasteiger partial charge >= 0.3 is 0 Å². The fourth-order valence-corrected chi connectivity index (χ4v) is 3.02. The molecule has 19 heavy (non-hydrogen) atoms. The number of aliphatic hydroxyl groups excluding tert-OH is 1. The van der Waals surface area contributed by atoms with Crippen LogP contribution in [0.2, 0.25) is 0 Å². The lowest BCUT2D eigenvalue weighted by atomic mass is 9.82. The van der Waals surface area contributed by atoms with E-state index in [2.05, 4.69) is 13.8 Å². The van der Waals surface area contributed by atoms with Gasteiger partial charge in [-0.05, 0) is 44.4 Å². The molecule has 1 saturated heterocycles. The summed E-state index contributed by atoms with van der Waals surface area (Å²) < 4.78 is 11.3. The molecule has 1 aliphatic rings. The molecule has 1 aromatic carbocycles. The number of hydrogen-bond donors (Lipinski definition) is 1. The van der Waals surface area contributed by atoms with E-state index >= 15 is 0 Å². The second-order valence-corrected chi connectivity index (χ2v) is 5.43. The van der Waals surface area contributed by atoms with Crippen LogP contribution in [0.4, 0.5) is 0 Å². The van der Waals surface area contributed by atoms with Gasteiger partial charge in [-0.15, -0.1) is 0 Å². The summed E-state index contributed by atoms with van der Waals surface area (Å²) in [6.45, 7) is 8.86. The molecule has 0 radical (unpaired) electrons. The number of rotatable bonds is 4. The topological polar surface area (TPSA) is 38.7 Å². The van der Waals surface area contributed by atoms with Crippen molar-refractivity contribution in [2.24, 2.45) is 11.8 Å². The van der Waals surface area contributed by atoms with Gasteiger partial charge in [0.2, 0.25) is 0 Å². The van der Waals surface area contributed by atoms with E-state index in [9.17, 15) is 5.11 Å². The van der Waals surface area contributed by atoms with Gasteiger partial charge < -0.3 is 14.6 Å². The molecule has 1 aliphatic heterocycles. The summed E-state index contributed by atoms with van der Waals surface area (Å²) >= 11 is 0. The lowest BCUT2D eigenvalue weighted by molar-refractivity contribution is 0.0230. The summed E-state index contributed by atoms with van der Waals surface area (Å²) in [5.41, 5.74) is 0.910. The van der Waals surface area contributed by atoms with Gasteiger partial charge in [0, 0.05) is 5.92 Å². The Morgan fingerprint density at radius 2 is 2.00 bits per heavy atom. The predicted octanol–water partition coefficient (Wildman–Crippen LogP) is 3.18. The third kappa shape index (κ3) is 2.93. The number of ether oxygens (including phenoxy) is 2. The minimum absolute atomic E-state index is 0.0794. The highest BCUT2D eigenvalue weighted by atomic mass is 16.5. The van der Waals surface area contributed by atoms with Crippen LogP contribution in [0.3, 0.4) is 0 Å². The van der Waals surface area contributed by atoms with Gasteiger partial charge in [-0.2, -0.15) is 0 Å². The van der Waals surface area contributed by atoms with Gasteiger partial charge in [-0.25, -0.2) is 0 Å². The molecule has 0 spiro atoms. The molecular weight excluding hydrogens is 240 g/mol. The second-order valence-electron chi connectivity index (χ2n) is 5.43. The van der Waals surface area contributed by atoms with Crippen LogP contribution in [0.25, 0.3) is 0 Å². The third-order valence-electron chi connectivity index (χ3n) is 4.19. The fourth-order valence-electron chi connectivity index (χ4n) is 3.02. The summed E-state index contributed by atoms with van der Waals surface area (Å²) in [6.07, 6.45) is -0.226. The fraction of sp³-hybridized carbons (Fsp3) is 0.625. The maximum Gasteiger partial charge on any atom is 0.119 e. The van der Waals surface area contributed by atoms with Crippen molar-refractivity contribution in [1.29, 1.82) is 0 Å². The number of benzene rings is 1. The van der Waals surface area contributed by atoms with Gasteiger partial charge in [0.1, 0.15) is 5.75 Å². The van der Waals surface area contributed by atoms with E-state index in [-0.39, 0.29) is 18.1 Å². The molecule has 1 N–H and O–H groups in total. The van der Waals surface area contributed by atoms with E-state index in [0.717, 1.165) is 11.3 Å². The maximum absolute atomic E-state index is 10.6. The molecule has 0 bridgehead atoms. The van der Waals surface area contributed by atoms with Crippen molar-refractivity contribution < 1.29 is 14.6 Å². The Morgan fingerprint density at radius 3 is 2.58 bits per heavy atom. The molecular formula is C16H24O3. The first-order valence-electron chi connectivity index (χ1n) is 7.10. The zero-order valence-electron chi connectivity index (χ0n) is 12.2. The van der Waals surface area contributed by atoms with Gasteiger partial charge in [-0.3, -0.25) is 0 Å². The second kappa shape index (κ2) is 5.93. The van der Waals surface area contributed by atoms with Crippen LogP contribution in [-0.4, -0.2) is 23.9 Å². The molecule has 5 atom stereocenters. The SMILES string of the molecule is CCOc1cccc(C(O)C2C(C)OC(C)C2C)c1. The predicted molar refractivity (Wildman–Crippen MR) is 75.2 cm³/mol. The van der Waals surface area contributed by atoms with E-state index in [1.165, 1.54) is 0 Å². The minimum Gasteiger partial charge on any atom is -0.494 e. The first-order valence-corrected chi connectivity index (χ1v) is 7.10. The van der Waals surface area contributed by atoms with Crippen LogP contribution in [-0.2, 0) is 4.74 Å². The van der Waals surface area contributed by atoms with E-state index < -0.39 is 6.10 Å². The largest absolute Gasteiger partial charge is 0.494 e. The van der Waals surface area contributed by atoms with Crippen LogP contribution < -0.4 is 4.74 Å². The van der Waals surface area contributed by atoms with Crippen LogP contribution in [0.15, 0.2) is 24.3 Å². The Kier molecular flexibility index (Phi) is 4.48. The number of hydrogen-bond acceptors (Lipinski definition) is 3. The molecule has 0 aromatic heterocycles. The molecule has 1 heterocycles. The highest BCUT2D eigenvalue weighted by molar-refractivity contribution is 5.30. The monoisotopic (exact) mass is 264 g/mol. The van der Waals surface area contributed by atoms with Gasteiger partial charge in [-0.1, -0.05) is 19.1 Å². The Hall–Kier alpha value is -1.06. The van der Waals surface area contributed by atoms with E-state index in [4.69, 9.17) is 9.47 Å². The van der Waals surface area contributed by atoms with Crippen molar-refractivity contribution in [1.82, 2.24) is 0 Å². The van der Waals surface area contributed by atoms with E-state index in [1.54, 1.807) is 0 Å². The molecule has 3 heteroatoms. The average Bonchev–Trinajstić information content (AvgIpc) is 2.63. The normalized spacial score (nSPS) is 32.3. The summed E-state index contributed by atoms with van der Waals surface area (Å²) in [5.74, 6) is 1.29. The molecule has 106 valence electrons. The molecule has 0 saturated carbocycles. The zero-order valence-corrected chi connectivity index (χ0v) is 12.2. The number of aliphatic hydroxyl groups is 1. The van der Waals surface area contributed by atoms with Gasteiger partial charge in [0.05, 0.1) is 24.9 Å². The maximum atomic E-state index is 10.6. The Bertz CT molecular complexity index is 418. The molecule has 0 aliphatic carbocycles. The van der Waals surface area contributed by atoms with Crippen molar-refractivity contribution in [3.63, 3.8) is 0 Å². The van der Waals surface area contributed by atoms with Crippen LogP contribution in [0.5, 0.6) is 5.75 Å². The highest BCUT2D eigenvalue weighted by Gasteiger charge is 2.41. The van der Waals surface area contributed by atoms with Gasteiger partial charge in [0.25, 0.3) is 0 Å². The Balaban J connectivity index is 2.19.